The number of thioether (sulfide) groups is 1. The molecule has 37 nitrogen and oxygen atoms in total. The molecular weight excluding hydrogens is 1530 g/mol. The van der Waals surface area contributed by atoms with E-state index in [0.717, 1.165) is 45.6 Å². The van der Waals surface area contributed by atoms with Gasteiger partial charge in [-0.2, -0.15) is 16.2 Å². The predicted molar refractivity (Wildman–Crippen MR) is 390 cm³/mol. The average Bonchev–Trinajstić information content (AvgIpc) is 1.63. The fraction of sp³-hybridized carbons (Fsp3) is 0.554. The molecule has 556 valence electrons. The molecule has 1 aliphatic rings. The number of fused-ring (bicyclic) bond motifs is 5. The molecule has 0 amide bonds. The number of imidazole rings is 4. The van der Waals surface area contributed by atoms with Gasteiger partial charge in [-0.3, -0.25) is 73.9 Å². The molecule has 0 fully saturated rings. The SMILES string of the molecule is C.COCCBr.COCCn1c(Cl)nc2c1c(=O)n(C)c(=O)n2C.COCCn1c(S(C)(=O)=O)nc2c1c(=O)n(C)c(=O)n2C.COCCn1c(S(C)=O)nc2c1c(=O)n(C)c(=O)n2C.COCCn1c(SC)nc2c1c(=O)n(C)c(=O)n2C.C[S-].Cn1c2c(c(=O)n(C)c1=O)CC(Cl)=N2.[Na+]. The number of alkyl halides is 1. The number of aromatic nitrogens is 18. The van der Waals surface area contributed by atoms with Gasteiger partial charge in [0, 0.05) is 156 Å². The van der Waals surface area contributed by atoms with Crippen molar-refractivity contribution in [3.05, 3.63) is 115 Å². The average molecular weight is 1610 g/mol. The maximum atomic E-state index is 12.3. The molecule has 1 atom stereocenters. The Morgan fingerprint density at radius 3 is 1.20 bits per heavy atom. The van der Waals surface area contributed by atoms with E-state index >= 15 is 0 Å². The van der Waals surface area contributed by atoms with Crippen LogP contribution in [0.2, 0.25) is 5.28 Å². The third kappa shape index (κ3) is 19.7. The third-order valence-corrected chi connectivity index (χ3v) is 18.0. The van der Waals surface area contributed by atoms with E-state index in [2.05, 4.69) is 58.2 Å². The summed E-state index contributed by atoms with van der Waals surface area (Å²) in [5.74, 6) is 0.378. The zero-order valence-electron chi connectivity index (χ0n) is 58.9. The van der Waals surface area contributed by atoms with Gasteiger partial charge < -0.3 is 54.6 Å². The van der Waals surface area contributed by atoms with E-state index in [0.29, 0.717) is 84.3 Å². The fourth-order valence-electron chi connectivity index (χ4n) is 9.49. The standard InChI is InChI=1S/C11H16N4O5S.C11H16N4O4S.C11H16N4O3S.C10H13ClN4O3.C8H8ClN3O2.C3H7BrO.CH4S.CH4.Na/c1-13-8-7(9(16)14(2)11(13)17)15(5-6-20-3)10(12-8)21(4,18)19;1-13-8-7(9(16)14(2)11(13)17)15(5-6-19-3)10(12-8)20(4)18;1-13-8-7(9(16)14(2)11(13)17)15(5-6-18-3)10(12-8)19-4;1-13-7-6(8(16)14(2)10(13)17)15(4-5-18-3)9(11)12-7;1-11-6-4(3-5(9)10-6)7(13)12(2)8(11)14;1-5-3-2-4;1-2;;/h5-6H2,1-4H3;5-6H2,1-4H3;5-6H2,1-4H3;4-5H2,1-3H3;3H2,1-2H3;2-3H2,1H3;2H,1H3;1H4;/q;;;;;;;;+1/p-1. The molecule has 0 aliphatic carbocycles. The topological polar surface area (TPSA) is 401 Å². The molecule has 0 radical (unpaired) electrons. The van der Waals surface area contributed by atoms with Crippen LogP contribution in [0.1, 0.15) is 13.0 Å². The Hall–Kier alpha value is -6.39. The summed E-state index contributed by atoms with van der Waals surface area (Å²) in [6, 6.07) is 0. The Balaban J connectivity index is 0.000000419. The second-order valence-corrected chi connectivity index (χ2v) is 26.5. The van der Waals surface area contributed by atoms with Crippen LogP contribution in [0, 0.1) is 0 Å². The first-order valence-corrected chi connectivity index (χ1v) is 36.2. The number of halogens is 3. The summed E-state index contributed by atoms with van der Waals surface area (Å²) in [7, 11) is 17.6. The van der Waals surface area contributed by atoms with Crippen molar-refractivity contribution in [3.8, 4) is 0 Å². The zero-order valence-corrected chi connectivity index (χ0v) is 67.3. The molecule has 0 saturated carbocycles. The molecule has 0 saturated heterocycles. The minimum absolute atomic E-state index is 0. The molecule has 1 unspecified atom stereocenters. The summed E-state index contributed by atoms with van der Waals surface area (Å²) in [5.41, 5.74) is -1.80. The minimum atomic E-state index is -3.65. The number of methoxy groups -OCH3 is 5. The summed E-state index contributed by atoms with van der Waals surface area (Å²) in [6.45, 7) is 3.65. The van der Waals surface area contributed by atoms with E-state index in [1.807, 2.05) is 6.26 Å². The van der Waals surface area contributed by atoms with E-state index in [1.165, 1.54) is 104 Å². The molecule has 45 heteroatoms. The molecule has 101 heavy (non-hydrogen) atoms. The Bertz CT molecular complexity index is 5280. The van der Waals surface area contributed by atoms with Crippen LogP contribution in [0.3, 0.4) is 0 Å². The zero-order chi connectivity index (χ0) is 75.2. The van der Waals surface area contributed by atoms with E-state index < -0.39 is 54.4 Å². The van der Waals surface area contributed by atoms with Crippen molar-refractivity contribution in [2.45, 2.75) is 55.5 Å². The van der Waals surface area contributed by atoms with Gasteiger partial charge >= 0.3 is 58.0 Å². The van der Waals surface area contributed by atoms with Crippen molar-refractivity contribution in [1.82, 2.24) is 83.9 Å². The van der Waals surface area contributed by atoms with Crippen LogP contribution in [0.4, 0.5) is 5.82 Å². The van der Waals surface area contributed by atoms with Crippen LogP contribution in [0.5, 0.6) is 0 Å². The van der Waals surface area contributed by atoms with E-state index in [9.17, 15) is 60.6 Å². The van der Waals surface area contributed by atoms with Gasteiger partial charge in [-0.1, -0.05) is 46.7 Å². The van der Waals surface area contributed by atoms with Gasteiger partial charge in [0.2, 0.25) is 25.4 Å². The Morgan fingerprint density at radius 1 is 0.495 bits per heavy atom. The Labute approximate surface area is 629 Å². The van der Waals surface area contributed by atoms with E-state index in [1.54, 1.807) is 62.4 Å². The number of aryl methyl sites for hydroxylation is 4. The molecule has 0 spiro atoms. The Kier molecular flexibility index (Phi) is 36.0. The number of ether oxygens (including phenoxy) is 5. The van der Waals surface area contributed by atoms with Gasteiger partial charge in [0.25, 0.3) is 27.8 Å². The third-order valence-electron chi connectivity index (χ3n) is 14.6. The first-order chi connectivity index (χ1) is 46.5. The molecule has 0 bridgehead atoms. The van der Waals surface area contributed by atoms with Gasteiger partial charge in [0.15, 0.2) is 49.8 Å². The molecule has 9 aromatic heterocycles. The van der Waals surface area contributed by atoms with Gasteiger partial charge in [-0.25, -0.2) is 47.4 Å². The van der Waals surface area contributed by atoms with Gasteiger partial charge in [-0.15, -0.1) is 0 Å². The van der Waals surface area contributed by atoms with E-state index in [-0.39, 0.29) is 116 Å². The van der Waals surface area contributed by atoms with Crippen LogP contribution < -0.4 is 85.8 Å². The van der Waals surface area contributed by atoms with Crippen molar-refractivity contribution < 1.29 is 65.9 Å². The van der Waals surface area contributed by atoms with Crippen LogP contribution in [0.15, 0.2) is 68.4 Å². The Morgan fingerprint density at radius 2 is 0.822 bits per heavy atom. The van der Waals surface area contributed by atoms with E-state index in [4.69, 9.17) is 42.1 Å². The second kappa shape index (κ2) is 40.0. The number of sulfone groups is 1. The van der Waals surface area contributed by atoms with Crippen LogP contribution in [0.25, 0.3) is 44.7 Å². The first-order valence-electron chi connectivity index (χ1n) is 28.9. The summed E-state index contributed by atoms with van der Waals surface area (Å²) < 4.78 is 77.8. The molecule has 10 rings (SSSR count). The second-order valence-electron chi connectivity index (χ2n) is 20.9. The maximum absolute atomic E-state index is 12.3. The minimum Gasteiger partial charge on any atom is -0.796 e. The van der Waals surface area contributed by atoms with Crippen molar-refractivity contribution in [2.75, 3.05) is 98.9 Å². The van der Waals surface area contributed by atoms with Crippen molar-refractivity contribution in [3.63, 3.8) is 0 Å². The normalized spacial score (nSPS) is 11.7. The fourth-order valence-corrected chi connectivity index (χ4v) is 12.4. The first kappa shape index (κ1) is 90.7. The van der Waals surface area contributed by atoms with Crippen LogP contribution >= 0.6 is 50.9 Å². The molecular formula is C56H83BrCl2N19NaO18S4. The summed E-state index contributed by atoms with van der Waals surface area (Å²) in [6.07, 6.45) is 6.26. The van der Waals surface area contributed by atoms with Gasteiger partial charge in [-0.05, 0) is 17.9 Å². The van der Waals surface area contributed by atoms with Gasteiger partial charge in [0.05, 0.1) is 49.4 Å². The number of aliphatic imine (C=N–C) groups is 1. The maximum Gasteiger partial charge on any atom is 1.00 e. The van der Waals surface area contributed by atoms with Crippen molar-refractivity contribution >= 4 is 140 Å². The monoisotopic (exact) mass is 1610 g/mol. The summed E-state index contributed by atoms with van der Waals surface area (Å²) >= 11 is 20.4. The molecule has 0 N–H and O–H groups in total. The molecule has 1 aliphatic heterocycles. The molecule has 0 aromatic carbocycles. The summed E-state index contributed by atoms with van der Waals surface area (Å²) in [5, 5.41) is 2.15. The largest absolute Gasteiger partial charge is 1.00 e. The molecule has 9 aromatic rings. The smallest absolute Gasteiger partial charge is 0.796 e. The quantitative estimate of drug-likeness (QED) is 0.0273. The number of hydrogen-bond acceptors (Lipinski definition) is 25. The number of rotatable bonds is 17. The predicted octanol–water partition coefficient (Wildman–Crippen LogP) is -4.42. The number of nitrogens with zero attached hydrogens (tertiary/aromatic N) is 19. The van der Waals surface area contributed by atoms with Crippen LogP contribution in [-0.4, -0.2) is 201 Å². The number of hydrogen-bond donors (Lipinski definition) is 0. The van der Waals surface area contributed by atoms with Crippen molar-refractivity contribution in [2.24, 2.45) is 75.5 Å². The molecule has 10 heterocycles. The summed E-state index contributed by atoms with van der Waals surface area (Å²) in [4.78, 5) is 140. The van der Waals surface area contributed by atoms with Gasteiger partial charge in [0.1, 0.15) is 11.0 Å². The van der Waals surface area contributed by atoms with Crippen molar-refractivity contribution in [1.29, 1.82) is 0 Å². The van der Waals surface area contributed by atoms with Crippen LogP contribution in [-0.2, 0) is 160 Å².